The van der Waals surface area contributed by atoms with Crippen molar-refractivity contribution < 1.29 is 46.1 Å². The molecule has 0 radical (unpaired) electrons. The van der Waals surface area contributed by atoms with Gasteiger partial charge in [0.1, 0.15) is 0 Å². The Morgan fingerprint density at radius 1 is 0.690 bits per heavy atom. The van der Waals surface area contributed by atoms with E-state index in [4.69, 9.17) is 0 Å². The second kappa shape index (κ2) is 13.7. The van der Waals surface area contributed by atoms with Crippen LogP contribution >= 0.6 is 0 Å². The van der Waals surface area contributed by atoms with E-state index in [2.05, 4.69) is 185 Å². The third-order valence-corrected chi connectivity index (χ3v) is 31.6. The summed E-state index contributed by atoms with van der Waals surface area (Å²) >= 11 is -2.91. The Morgan fingerprint density at radius 3 is 1.79 bits per heavy atom. The molecule has 10 aliphatic rings. The molecule has 0 nitrogen and oxygen atoms in total. The molecule has 10 aliphatic carbocycles. The van der Waals surface area contributed by atoms with Gasteiger partial charge in [-0.15, -0.1) is 0 Å². The molecule has 1 aromatic carbocycles. The molecular formula is C55H70Cl2Zr. The van der Waals surface area contributed by atoms with E-state index in [9.17, 15) is 0 Å². The van der Waals surface area contributed by atoms with Gasteiger partial charge < -0.3 is 24.8 Å². The molecule has 0 amide bonds. The summed E-state index contributed by atoms with van der Waals surface area (Å²) in [5.41, 5.74) is 4.82. The van der Waals surface area contributed by atoms with Crippen LogP contribution in [0.4, 0.5) is 0 Å². The zero-order valence-electron chi connectivity index (χ0n) is 37.4. The van der Waals surface area contributed by atoms with Crippen molar-refractivity contribution >= 4 is 3.21 Å². The first-order valence-corrected chi connectivity index (χ1v) is 26.7. The number of allylic oxidation sites excluding steroid dienone is 16. The Labute approximate surface area is 373 Å². The molecule has 0 saturated heterocycles. The normalized spacial score (nSPS) is 49.7. The molecule has 6 saturated carbocycles. The minimum Gasteiger partial charge on any atom is -1.00 e. The summed E-state index contributed by atoms with van der Waals surface area (Å²) < 4.78 is 4.34. The molecule has 1 aromatic rings. The molecule has 3 heteroatoms. The van der Waals surface area contributed by atoms with Crippen molar-refractivity contribution in [3.63, 3.8) is 0 Å². The zero-order chi connectivity index (χ0) is 39.5. The SMILES string of the molecule is CC/[C](c1ccccc1)=[Zr+2](/[C]1=CC(C2(C)C3CC4CC(C3)CC2C4)=CC1C)[CH]1C2C=CC=C(C)C2(C)C2(C)C3(C)C=CC=CC3(C)C3(C)C=CC=CC3(C)C12C.[Cl-].[Cl-]. The fourth-order valence-corrected chi connectivity index (χ4v) is 29.7. The molecule has 58 heavy (non-hydrogen) atoms. The quantitative estimate of drug-likeness (QED) is 0.279. The van der Waals surface area contributed by atoms with Gasteiger partial charge in [0.15, 0.2) is 0 Å². The van der Waals surface area contributed by atoms with Crippen LogP contribution in [0.3, 0.4) is 0 Å². The maximum Gasteiger partial charge on any atom is -1.00 e. The molecule has 0 N–H and O–H groups in total. The van der Waals surface area contributed by atoms with Crippen LogP contribution in [-0.4, -0.2) is 3.21 Å². The van der Waals surface area contributed by atoms with Crippen LogP contribution in [0.1, 0.15) is 120 Å². The molecule has 0 heterocycles. The third-order valence-electron chi connectivity index (χ3n) is 21.6. The number of hydrogen-bond donors (Lipinski definition) is 0. The molecule has 0 aliphatic heterocycles. The van der Waals surface area contributed by atoms with Crippen molar-refractivity contribution in [1.29, 1.82) is 0 Å². The van der Waals surface area contributed by atoms with Crippen LogP contribution in [0, 0.1) is 78.8 Å². The molecule has 11 rings (SSSR count). The van der Waals surface area contributed by atoms with E-state index in [1.807, 2.05) is 6.49 Å². The molecule has 308 valence electrons. The van der Waals surface area contributed by atoms with Gasteiger partial charge in [-0.2, -0.15) is 0 Å². The monoisotopic (exact) mass is 890 g/mol. The molecule has 4 bridgehead atoms. The summed E-state index contributed by atoms with van der Waals surface area (Å²) in [6, 6.07) is 11.9. The van der Waals surface area contributed by atoms with Crippen LogP contribution in [-0.2, 0) is 21.3 Å². The summed E-state index contributed by atoms with van der Waals surface area (Å²) in [7, 11) is 0. The Bertz CT molecular complexity index is 2150. The van der Waals surface area contributed by atoms with E-state index < -0.39 is 21.3 Å². The minimum absolute atomic E-state index is 0. The zero-order valence-corrected chi connectivity index (χ0v) is 41.4. The van der Waals surface area contributed by atoms with Gasteiger partial charge in [-0.25, -0.2) is 0 Å². The van der Waals surface area contributed by atoms with Crippen molar-refractivity contribution in [2.45, 2.75) is 118 Å². The summed E-state index contributed by atoms with van der Waals surface area (Å²) in [5, 5.41) is 0. The average molecular weight is 893 g/mol. The molecule has 0 spiro atoms. The van der Waals surface area contributed by atoms with E-state index >= 15 is 0 Å². The Kier molecular flexibility index (Phi) is 10.2. The van der Waals surface area contributed by atoms with Crippen molar-refractivity contribution in [3.05, 3.63) is 129 Å². The van der Waals surface area contributed by atoms with E-state index in [0.29, 0.717) is 20.9 Å². The second-order valence-electron chi connectivity index (χ2n) is 22.2. The van der Waals surface area contributed by atoms with E-state index in [1.165, 1.54) is 37.7 Å². The third kappa shape index (κ3) is 4.63. The number of benzene rings is 1. The topological polar surface area (TPSA) is 0 Å². The average Bonchev–Trinajstić information content (AvgIpc) is 3.64. The Balaban J connectivity index is 0.00000235. The van der Waals surface area contributed by atoms with E-state index in [0.717, 1.165) is 30.1 Å². The molecule has 0 aromatic heterocycles. The summed E-state index contributed by atoms with van der Waals surface area (Å²) in [6.07, 6.45) is 42.7. The summed E-state index contributed by atoms with van der Waals surface area (Å²) in [5.74, 6) is 4.71. The standard InChI is InChI=1S/C29H37.C17H23.C9H10.2ClH.Zr/c1-21-14-13-15-22-20-27(6)25(4)18-10-9-16-23(25,2)24(3)17-11-12-19-26(24,5)29(27,8)28(21,22)7;1-11-3-4-14(5-11)17(2)15-7-12-6-13(9-15)10-16(17)8-12;1-2-6-9-7-4-3-5-8-9;;;/h9-20,22H,1-8H3;4-5,11-13,15-16H,6-10H2,1-2H3;3-5,7-8H,2H2,1H3;2*1H;/q;;;;;+2/p-2. The number of hydrogen-bond acceptors (Lipinski definition) is 0. The first-order valence-electron chi connectivity index (χ1n) is 22.8. The molecule has 10 unspecified atom stereocenters. The minimum atomic E-state index is -2.91. The van der Waals surface area contributed by atoms with E-state index in [1.54, 1.807) is 11.1 Å². The van der Waals surface area contributed by atoms with Crippen molar-refractivity contribution in [2.24, 2.45) is 78.8 Å². The first kappa shape index (κ1) is 43.1. The van der Waals surface area contributed by atoms with Crippen LogP contribution in [0.15, 0.2) is 124 Å². The molecular weight excluding hydrogens is 823 g/mol. The van der Waals surface area contributed by atoms with Gasteiger partial charge in [0.25, 0.3) is 0 Å². The summed E-state index contributed by atoms with van der Waals surface area (Å²) in [6.45, 7) is 29.7. The van der Waals surface area contributed by atoms with Crippen LogP contribution < -0.4 is 24.8 Å². The fraction of sp³-hybridized carbons (Fsp3) is 0.582. The van der Waals surface area contributed by atoms with E-state index in [-0.39, 0.29) is 62.7 Å². The van der Waals surface area contributed by atoms with Gasteiger partial charge in [-0.05, 0) is 0 Å². The second-order valence-corrected chi connectivity index (χ2v) is 28.7. The largest absolute Gasteiger partial charge is 1.00 e. The van der Waals surface area contributed by atoms with Gasteiger partial charge >= 0.3 is 351 Å². The Hall–Kier alpha value is -1.53. The van der Waals surface area contributed by atoms with Crippen LogP contribution in [0.2, 0.25) is 3.63 Å². The van der Waals surface area contributed by atoms with Crippen LogP contribution in [0.25, 0.3) is 0 Å². The maximum absolute atomic E-state index is 2.96. The molecule has 10 atom stereocenters. The van der Waals surface area contributed by atoms with Crippen molar-refractivity contribution in [2.75, 3.05) is 0 Å². The maximum atomic E-state index is 2.96. The smallest absolute Gasteiger partial charge is 1.00 e. The van der Waals surface area contributed by atoms with Crippen LogP contribution in [0.5, 0.6) is 0 Å². The Morgan fingerprint density at radius 2 is 1.22 bits per heavy atom. The predicted octanol–water partition coefficient (Wildman–Crippen LogP) is 8.41. The van der Waals surface area contributed by atoms with Crippen molar-refractivity contribution in [1.82, 2.24) is 0 Å². The molecule has 6 fully saturated rings. The van der Waals surface area contributed by atoms with Gasteiger partial charge in [-0.1, -0.05) is 0 Å². The summed E-state index contributed by atoms with van der Waals surface area (Å²) in [4.78, 5) is 0. The van der Waals surface area contributed by atoms with Gasteiger partial charge in [0.05, 0.1) is 0 Å². The number of halogens is 2. The van der Waals surface area contributed by atoms with Gasteiger partial charge in [-0.3, -0.25) is 0 Å². The predicted molar refractivity (Wildman–Crippen MR) is 235 cm³/mol. The van der Waals surface area contributed by atoms with Gasteiger partial charge in [0.2, 0.25) is 0 Å². The first-order chi connectivity index (χ1) is 26.5. The fourth-order valence-electron chi connectivity index (χ4n) is 18.0. The van der Waals surface area contributed by atoms with Gasteiger partial charge in [0, 0.05) is 0 Å². The number of rotatable bonds is 5. The number of fused-ring (bicyclic) bond motifs is 8. The van der Waals surface area contributed by atoms with Crippen molar-refractivity contribution in [3.8, 4) is 0 Å².